The number of aryl methyl sites for hydroxylation is 1. The smallest absolute Gasteiger partial charge is 0.253 e. The molecule has 1 heterocycles. The van der Waals surface area contributed by atoms with Crippen molar-refractivity contribution in [3.63, 3.8) is 0 Å². The average Bonchev–Trinajstić information content (AvgIpc) is 2.84. The molecule has 4 N–H and O–H groups in total. The number of hydrazine groups is 1. The van der Waals surface area contributed by atoms with E-state index in [-0.39, 0.29) is 5.91 Å². The molecule has 20 heavy (non-hydrogen) atoms. The van der Waals surface area contributed by atoms with Crippen LogP contribution in [0.4, 0.5) is 5.69 Å². The summed E-state index contributed by atoms with van der Waals surface area (Å²) in [5.41, 5.74) is 3.38. The normalized spacial score (nSPS) is 10.3. The summed E-state index contributed by atoms with van der Waals surface area (Å²) in [6, 6.07) is 4.87. The van der Waals surface area contributed by atoms with E-state index in [9.17, 15) is 4.79 Å². The number of rotatable bonds is 5. The second-order valence-corrected chi connectivity index (χ2v) is 4.61. The third kappa shape index (κ3) is 3.46. The number of carbonyl (C=O) groups excluding carboxylic acids is 1. The minimum atomic E-state index is -0.253. The first-order valence-corrected chi connectivity index (χ1v) is 6.37. The third-order valence-corrected chi connectivity index (χ3v) is 2.90. The van der Waals surface area contributed by atoms with Crippen molar-refractivity contribution < 1.29 is 4.79 Å². The van der Waals surface area contributed by atoms with E-state index < -0.39 is 0 Å². The maximum Gasteiger partial charge on any atom is 0.253 e. The summed E-state index contributed by atoms with van der Waals surface area (Å²) in [6.45, 7) is 0.430. The number of anilines is 1. The Labute approximate surface area is 121 Å². The van der Waals surface area contributed by atoms with Crippen molar-refractivity contribution in [1.29, 1.82) is 0 Å². The van der Waals surface area contributed by atoms with Crippen LogP contribution in [0, 0.1) is 0 Å². The Hall–Kier alpha value is -2.12. The molecule has 0 saturated heterocycles. The minimum Gasteiger partial charge on any atom is -0.352 e. The summed E-state index contributed by atoms with van der Waals surface area (Å²) in [5.74, 6) is 5.79. The highest BCUT2D eigenvalue weighted by Gasteiger charge is 2.11. The maximum atomic E-state index is 12.1. The molecule has 2 rings (SSSR count). The first kappa shape index (κ1) is 14.3. The van der Waals surface area contributed by atoms with Gasteiger partial charge in [0.05, 0.1) is 11.3 Å². The lowest BCUT2D eigenvalue weighted by Gasteiger charge is -2.09. The van der Waals surface area contributed by atoms with Crippen molar-refractivity contribution in [2.45, 2.75) is 6.42 Å². The first-order valence-electron chi connectivity index (χ1n) is 5.99. The summed E-state index contributed by atoms with van der Waals surface area (Å²) in [6.07, 6.45) is 2.17. The summed E-state index contributed by atoms with van der Waals surface area (Å²) in [5, 5.41) is 7.38. The lowest BCUT2D eigenvalue weighted by atomic mass is 10.1. The Morgan fingerprint density at radius 1 is 1.50 bits per heavy atom. The van der Waals surface area contributed by atoms with Crippen molar-refractivity contribution in [3.05, 3.63) is 40.9 Å². The monoisotopic (exact) mass is 294 g/mol. The zero-order valence-corrected chi connectivity index (χ0v) is 11.7. The number of nitrogens with two attached hydrogens (primary N) is 1. The molecule has 0 fully saturated rings. The largest absolute Gasteiger partial charge is 0.352 e. The second-order valence-electron chi connectivity index (χ2n) is 4.17. The van der Waals surface area contributed by atoms with Gasteiger partial charge in [0.15, 0.2) is 5.82 Å². The van der Waals surface area contributed by atoms with Crippen molar-refractivity contribution in [1.82, 2.24) is 20.1 Å². The van der Waals surface area contributed by atoms with Gasteiger partial charge in [-0.2, -0.15) is 5.10 Å². The van der Waals surface area contributed by atoms with Crippen LogP contribution in [0.2, 0.25) is 5.02 Å². The van der Waals surface area contributed by atoms with E-state index in [0.717, 1.165) is 0 Å². The standard InChI is InChI=1S/C12H15ClN6O/c1-19-7-16-11(18-19)4-5-15-12(20)9-6-8(13)2-3-10(9)17-14/h2-3,6-7,17H,4-5,14H2,1H3,(H,15,20). The van der Waals surface area contributed by atoms with Crippen LogP contribution in [-0.2, 0) is 13.5 Å². The van der Waals surface area contributed by atoms with Crippen LogP contribution in [0.5, 0.6) is 0 Å². The molecular formula is C12H15ClN6O. The van der Waals surface area contributed by atoms with Gasteiger partial charge in [-0.25, -0.2) is 4.98 Å². The van der Waals surface area contributed by atoms with Gasteiger partial charge in [0.2, 0.25) is 0 Å². The summed E-state index contributed by atoms with van der Waals surface area (Å²) in [4.78, 5) is 16.1. The molecule has 1 aromatic carbocycles. The van der Waals surface area contributed by atoms with Crippen LogP contribution in [-0.4, -0.2) is 27.2 Å². The highest BCUT2D eigenvalue weighted by molar-refractivity contribution is 6.31. The number of amides is 1. The number of hydrogen-bond acceptors (Lipinski definition) is 5. The Bertz CT molecular complexity index is 612. The molecule has 8 heteroatoms. The van der Waals surface area contributed by atoms with Gasteiger partial charge in [-0.3, -0.25) is 15.3 Å². The molecule has 0 spiro atoms. The molecule has 0 radical (unpaired) electrons. The van der Waals surface area contributed by atoms with Crippen LogP contribution < -0.4 is 16.6 Å². The van der Waals surface area contributed by atoms with E-state index in [4.69, 9.17) is 17.4 Å². The fourth-order valence-electron chi connectivity index (χ4n) is 1.71. The van der Waals surface area contributed by atoms with E-state index >= 15 is 0 Å². The van der Waals surface area contributed by atoms with Crippen LogP contribution in [0.1, 0.15) is 16.2 Å². The van der Waals surface area contributed by atoms with Gasteiger partial charge < -0.3 is 10.7 Å². The number of nitrogen functional groups attached to an aromatic ring is 1. The fraction of sp³-hybridized carbons (Fsp3) is 0.250. The lowest BCUT2D eigenvalue weighted by Crippen LogP contribution is -2.27. The van der Waals surface area contributed by atoms with Crippen LogP contribution in [0.3, 0.4) is 0 Å². The molecule has 2 aromatic rings. The second kappa shape index (κ2) is 6.36. The quantitative estimate of drug-likeness (QED) is 0.558. The molecule has 0 unspecified atom stereocenters. The van der Waals surface area contributed by atoms with Crippen molar-refractivity contribution >= 4 is 23.2 Å². The maximum absolute atomic E-state index is 12.1. The highest BCUT2D eigenvalue weighted by atomic mass is 35.5. The van der Waals surface area contributed by atoms with E-state index in [2.05, 4.69) is 20.8 Å². The predicted octanol–water partition coefficient (Wildman–Crippen LogP) is 0.727. The topological polar surface area (TPSA) is 97.9 Å². The summed E-state index contributed by atoms with van der Waals surface area (Å²) in [7, 11) is 1.79. The summed E-state index contributed by atoms with van der Waals surface area (Å²) < 4.78 is 1.62. The van der Waals surface area contributed by atoms with Crippen LogP contribution in [0.15, 0.2) is 24.5 Å². The molecule has 0 saturated carbocycles. The van der Waals surface area contributed by atoms with Gasteiger partial charge >= 0.3 is 0 Å². The van der Waals surface area contributed by atoms with Crippen molar-refractivity contribution in [3.8, 4) is 0 Å². The SMILES string of the molecule is Cn1cnc(CCNC(=O)c2cc(Cl)ccc2NN)n1. The number of aromatic nitrogens is 3. The molecule has 0 aliphatic carbocycles. The van der Waals surface area contributed by atoms with Crippen LogP contribution in [0.25, 0.3) is 0 Å². The lowest BCUT2D eigenvalue weighted by molar-refractivity contribution is 0.0955. The number of halogens is 1. The molecule has 106 valence electrons. The number of hydrogen-bond donors (Lipinski definition) is 3. The van der Waals surface area contributed by atoms with E-state index in [0.29, 0.717) is 35.1 Å². The van der Waals surface area contributed by atoms with Gasteiger partial charge in [0, 0.05) is 25.0 Å². The molecule has 0 aliphatic rings. The Balaban J connectivity index is 1.96. The Morgan fingerprint density at radius 3 is 2.95 bits per heavy atom. The molecular weight excluding hydrogens is 280 g/mol. The van der Waals surface area contributed by atoms with Gasteiger partial charge in [-0.05, 0) is 18.2 Å². The molecule has 0 bridgehead atoms. The first-order chi connectivity index (χ1) is 9.60. The van der Waals surface area contributed by atoms with E-state index in [1.807, 2.05) is 0 Å². The van der Waals surface area contributed by atoms with Gasteiger partial charge in [-0.15, -0.1) is 0 Å². The molecule has 0 aliphatic heterocycles. The zero-order valence-electron chi connectivity index (χ0n) is 10.9. The highest BCUT2D eigenvalue weighted by Crippen LogP contribution is 2.19. The summed E-state index contributed by atoms with van der Waals surface area (Å²) >= 11 is 5.88. The van der Waals surface area contributed by atoms with Crippen LogP contribution >= 0.6 is 11.6 Å². The van der Waals surface area contributed by atoms with Gasteiger partial charge in [0.25, 0.3) is 5.91 Å². The molecule has 1 amide bonds. The van der Waals surface area contributed by atoms with E-state index in [1.165, 1.54) is 0 Å². The van der Waals surface area contributed by atoms with Crippen molar-refractivity contribution in [2.75, 3.05) is 12.0 Å². The predicted molar refractivity (Wildman–Crippen MR) is 76.3 cm³/mol. The molecule has 0 atom stereocenters. The zero-order chi connectivity index (χ0) is 14.5. The minimum absolute atomic E-state index is 0.253. The number of nitrogens with zero attached hydrogens (tertiary/aromatic N) is 3. The third-order valence-electron chi connectivity index (χ3n) is 2.66. The Morgan fingerprint density at radius 2 is 2.30 bits per heavy atom. The molecule has 1 aromatic heterocycles. The molecule has 7 nitrogen and oxygen atoms in total. The van der Waals surface area contributed by atoms with Gasteiger partial charge in [-0.1, -0.05) is 11.6 Å². The average molecular weight is 295 g/mol. The fourth-order valence-corrected chi connectivity index (χ4v) is 1.88. The van der Waals surface area contributed by atoms with E-state index in [1.54, 1.807) is 36.3 Å². The Kier molecular flexibility index (Phi) is 4.54. The number of benzene rings is 1. The van der Waals surface area contributed by atoms with Crippen molar-refractivity contribution in [2.24, 2.45) is 12.9 Å². The number of nitrogens with one attached hydrogen (secondary N) is 2. The number of carbonyl (C=O) groups is 1. The van der Waals surface area contributed by atoms with Gasteiger partial charge in [0.1, 0.15) is 6.33 Å².